The second-order valence-electron chi connectivity index (χ2n) is 5.48. The number of ether oxygens (including phenoxy) is 1. The van der Waals surface area contributed by atoms with Crippen molar-refractivity contribution in [1.82, 2.24) is 10.6 Å². The molecule has 2 N–H and O–H groups in total. The van der Waals surface area contributed by atoms with E-state index in [1.807, 2.05) is 18.2 Å². The monoisotopic (exact) mass is 417 g/mol. The van der Waals surface area contributed by atoms with Crippen molar-refractivity contribution >= 4 is 29.9 Å². The van der Waals surface area contributed by atoms with Gasteiger partial charge in [0, 0.05) is 19.6 Å². The van der Waals surface area contributed by atoms with Crippen LogP contribution in [0.15, 0.2) is 29.3 Å². The number of methoxy groups -OCH3 is 1. The number of rotatable bonds is 8. The van der Waals surface area contributed by atoms with Crippen LogP contribution in [0.4, 0.5) is 0 Å². The van der Waals surface area contributed by atoms with E-state index in [-0.39, 0.29) is 24.0 Å². The van der Waals surface area contributed by atoms with Crippen molar-refractivity contribution in [2.75, 3.05) is 26.7 Å². The van der Waals surface area contributed by atoms with Gasteiger partial charge in [-0.3, -0.25) is 4.99 Å². The maximum absolute atomic E-state index is 5.37. The number of guanidine groups is 1. The smallest absolute Gasteiger partial charge is 0.191 e. The molecule has 0 aromatic heterocycles. The molecule has 1 aromatic carbocycles. The van der Waals surface area contributed by atoms with Gasteiger partial charge >= 0.3 is 0 Å². The van der Waals surface area contributed by atoms with Crippen molar-refractivity contribution < 1.29 is 4.74 Å². The molecule has 4 nitrogen and oxygen atoms in total. The second kappa shape index (κ2) is 10.7. The molecule has 124 valence electrons. The molecule has 1 fully saturated rings. The normalized spacial score (nSPS) is 14.2. The molecule has 0 aliphatic heterocycles. The molecule has 0 amide bonds. The third kappa shape index (κ3) is 6.85. The molecular formula is C17H28IN3O. The predicted molar refractivity (Wildman–Crippen MR) is 103 cm³/mol. The van der Waals surface area contributed by atoms with Gasteiger partial charge in [0.05, 0.1) is 7.11 Å². The Morgan fingerprint density at radius 2 is 2.05 bits per heavy atom. The Bertz CT molecular complexity index is 461. The fourth-order valence-corrected chi connectivity index (χ4v) is 2.33. The van der Waals surface area contributed by atoms with Crippen LogP contribution in [0.5, 0.6) is 5.75 Å². The van der Waals surface area contributed by atoms with Crippen molar-refractivity contribution in [2.24, 2.45) is 10.9 Å². The van der Waals surface area contributed by atoms with E-state index in [1.54, 1.807) is 7.11 Å². The molecule has 0 radical (unpaired) electrons. The maximum atomic E-state index is 5.37. The molecule has 0 heterocycles. The molecule has 5 heteroatoms. The quantitative estimate of drug-likeness (QED) is 0.388. The highest BCUT2D eigenvalue weighted by Crippen LogP contribution is 2.32. The van der Waals surface area contributed by atoms with Crippen LogP contribution in [-0.2, 0) is 6.42 Å². The van der Waals surface area contributed by atoms with Crippen LogP contribution in [0.2, 0.25) is 0 Å². The summed E-state index contributed by atoms with van der Waals surface area (Å²) >= 11 is 0. The molecule has 1 saturated carbocycles. The lowest BCUT2D eigenvalue weighted by Crippen LogP contribution is -2.38. The molecule has 0 saturated heterocycles. The van der Waals surface area contributed by atoms with E-state index in [2.05, 4.69) is 28.6 Å². The van der Waals surface area contributed by atoms with E-state index in [1.165, 1.54) is 24.8 Å². The fraction of sp³-hybridized carbons (Fsp3) is 0.588. The molecule has 0 atom stereocenters. The second-order valence-corrected chi connectivity index (χ2v) is 5.48. The minimum Gasteiger partial charge on any atom is -0.496 e. The molecule has 0 unspecified atom stereocenters. The first-order valence-corrected chi connectivity index (χ1v) is 7.97. The topological polar surface area (TPSA) is 45.7 Å². The first-order chi connectivity index (χ1) is 10.3. The van der Waals surface area contributed by atoms with E-state index in [4.69, 9.17) is 4.74 Å². The number of benzene rings is 1. The van der Waals surface area contributed by atoms with Gasteiger partial charge in [-0.2, -0.15) is 0 Å². The number of hydrogen-bond acceptors (Lipinski definition) is 2. The Morgan fingerprint density at radius 3 is 2.73 bits per heavy atom. The lowest BCUT2D eigenvalue weighted by atomic mass is 10.1. The SMILES string of the molecule is CCNC(=NCCC1CC1)NCCc1ccccc1OC.I. The van der Waals surface area contributed by atoms with E-state index in [0.29, 0.717) is 0 Å². The summed E-state index contributed by atoms with van der Waals surface area (Å²) in [5, 5.41) is 6.70. The molecule has 1 aliphatic rings. The lowest BCUT2D eigenvalue weighted by Gasteiger charge is -2.12. The van der Waals surface area contributed by atoms with Crippen molar-refractivity contribution in [3.8, 4) is 5.75 Å². The summed E-state index contributed by atoms with van der Waals surface area (Å²) in [6.07, 6.45) is 4.95. The van der Waals surface area contributed by atoms with Crippen LogP contribution in [0.3, 0.4) is 0 Å². The van der Waals surface area contributed by atoms with Gasteiger partial charge in [-0.15, -0.1) is 24.0 Å². The summed E-state index contributed by atoms with van der Waals surface area (Å²) in [5.74, 6) is 2.81. The fourth-order valence-electron chi connectivity index (χ4n) is 2.33. The van der Waals surface area contributed by atoms with Crippen molar-refractivity contribution in [1.29, 1.82) is 0 Å². The summed E-state index contributed by atoms with van der Waals surface area (Å²) in [6.45, 7) is 4.77. The van der Waals surface area contributed by atoms with Crippen molar-refractivity contribution in [3.63, 3.8) is 0 Å². The third-order valence-corrected chi connectivity index (χ3v) is 3.73. The van der Waals surface area contributed by atoms with Crippen LogP contribution in [0, 0.1) is 5.92 Å². The highest BCUT2D eigenvalue weighted by molar-refractivity contribution is 14.0. The van der Waals surface area contributed by atoms with Crippen LogP contribution in [0.1, 0.15) is 31.7 Å². The Morgan fingerprint density at radius 1 is 1.27 bits per heavy atom. The van der Waals surface area contributed by atoms with E-state index in [0.717, 1.165) is 43.7 Å². The van der Waals surface area contributed by atoms with Crippen LogP contribution < -0.4 is 15.4 Å². The van der Waals surface area contributed by atoms with Crippen LogP contribution >= 0.6 is 24.0 Å². The van der Waals surface area contributed by atoms with Gasteiger partial charge in [0.1, 0.15) is 5.75 Å². The van der Waals surface area contributed by atoms with Gasteiger partial charge in [-0.1, -0.05) is 31.0 Å². The Balaban J connectivity index is 0.00000242. The highest BCUT2D eigenvalue weighted by Gasteiger charge is 2.20. The predicted octanol–water partition coefficient (Wildman–Crippen LogP) is 3.21. The standard InChI is InChI=1S/C17H27N3O.HI/c1-3-18-17(19-12-10-14-8-9-14)20-13-11-15-6-4-5-7-16(15)21-2;/h4-7,14H,3,8-13H2,1-2H3,(H2,18,19,20);1H. The molecule has 1 aliphatic carbocycles. The number of hydrogen-bond donors (Lipinski definition) is 2. The summed E-state index contributed by atoms with van der Waals surface area (Å²) in [4.78, 5) is 4.63. The Hall–Kier alpha value is -0.980. The molecular weight excluding hydrogens is 389 g/mol. The molecule has 22 heavy (non-hydrogen) atoms. The van der Waals surface area contributed by atoms with E-state index < -0.39 is 0 Å². The van der Waals surface area contributed by atoms with Crippen LogP contribution in [0.25, 0.3) is 0 Å². The lowest BCUT2D eigenvalue weighted by molar-refractivity contribution is 0.409. The summed E-state index contributed by atoms with van der Waals surface area (Å²) in [5.41, 5.74) is 1.22. The highest BCUT2D eigenvalue weighted by atomic mass is 127. The number of halogens is 1. The van der Waals surface area contributed by atoms with Crippen LogP contribution in [-0.4, -0.2) is 32.7 Å². The van der Waals surface area contributed by atoms with Gasteiger partial charge in [0.2, 0.25) is 0 Å². The van der Waals surface area contributed by atoms with Crippen molar-refractivity contribution in [2.45, 2.75) is 32.6 Å². The average molecular weight is 417 g/mol. The molecule has 1 aromatic rings. The van der Waals surface area contributed by atoms with Gasteiger partial charge in [-0.25, -0.2) is 0 Å². The zero-order chi connectivity index (χ0) is 14.9. The Labute approximate surface area is 151 Å². The number of nitrogens with zero attached hydrogens (tertiary/aromatic N) is 1. The summed E-state index contributed by atoms with van der Waals surface area (Å²) in [6, 6.07) is 8.16. The molecule has 0 spiro atoms. The van der Waals surface area contributed by atoms with Gasteiger partial charge < -0.3 is 15.4 Å². The zero-order valence-electron chi connectivity index (χ0n) is 13.6. The van der Waals surface area contributed by atoms with Gasteiger partial charge in [-0.05, 0) is 37.3 Å². The first kappa shape index (κ1) is 19.1. The van der Waals surface area contributed by atoms with E-state index in [9.17, 15) is 0 Å². The number of para-hydroxylation sites is 1. The van der Waals surface area contributed by atoms with Crippen molar-refractivity contribution in [3.05, 3.63) is 29.8 Å². The summed E-state index contributed by atoms with van der Waals surface area (Å²) in [7, 11) is 1.72. The zero-order valence-corrected chi connectivity index (χ0v) is 15.9. The largest absolute Gasteiger partial charge is 0.496 e. The minimum absolute atomic E-state index is 0. The minimum atomic E-state index is 0. The third-order valence-electron chi connectivity index (χ3n) is 3.73. The summed E-state index contributed by atoms with van der Waals surface area (Å²) < 4.78 is 5.37. The maximum Gasteiger partial charge on any atom is 0.191 e. The van der Waals surface area contributed by atoms with Gasteiger partial charge in [0.15, 0.2) is 5.96 Å². The van der Waals surface area contributed by atoms with E-state index >= 15 is 0 Å². The molecule has 2 rings (SSSR count). The molecule has 0 bridgehead atoms. The first-order valence-electron chi connectivity index (χ1n) is 7.97. The average Bonchev–Trinajstić information content (AvgIpc) is 3.32. The Kier molecular flexibility index (Phi) is 9.27. The number of aliphatic imine (C=N–C) groups is 1. The van der Waals surface area contributed by atoms with Gasteiger partial charge in [0.25, 0.3) is 0 Å². The number of nitrogens with one attached hydrogen (secondary N) is 2.